The van der Waals surface area contributed by atoms with E-state index in [1.165, 1.54) is 17.8 Å². The molecule has 0 spiro atoms. The summed E-state index contributed by atoms with van der Waals surface area (Å²) in [6, 6.07) is 0. The third-order valence-electron chi connectivity index (χ3n) is 3.36. The molecule has 17 heavy (non-hydrogen) atoms. The minimum absolute atomic E-state index is 0.202. The van der Waals surface area contributed by atoms with Gasteiger partial charge in [0.05, 0.1) is 23.8 Å². The van der Waals surface area contributed by atoms with Crippen LogP contribution < -0.4 is 0 Å². The van der Waals surface area contributed by atoms with Crippen LogP contribution in [0.25, 0.3) is 0 Å². The standard InChI is InChI=1S/C12H15NO3S/c1-7-10(12-15-5-6-16-12)17-11(13-7)9(14)8-3-2-4-8/h8,12H,2-6H2,1H3. The lowest BCUT2D eigenvalue weighted by molar-refractivity contribution is -0.0418. The summed E-state index contributed by atoms with van der Waals surface area (Å²) in [7, 11) is 0. The number of nitrogens with zero attached hydrogens (tertiary/aromatic N) is 1. The summed E-state index contributed by atoms with van der Waals surface area (Å²) in [6.45, 7) is 3.15. The number of carbonyl (C=O) groups excluding carboxylic acids is 1. The molecule has 0 amide bonds. The number of ketones is 1. The van der Waals surface area contributed by atoms with Gasteiger partial charge in [-0.2, -0.15) is 0 Å². The summed E-state index contributed by atoms with van der Waals surface area (Å²) in [4.78, 5) is 17.4. The van der Waals surface area contributed by atoms with Crippen LogP contribution in [-0.2, 0) is 9.47 Å². The summed E-state index contributed by atoms with van der Waals surface area (Å²) in [5, 5.41) is 0.626. The van der Waals surface area contributed by atoms with Crippen molar-refractivity contribution in [3.63, 3.8) is 0 Å². The molecule has 1 aromatic rings. The SMILES string of the molecule is Cc1nc(C(=O)C2CCC2)sc1C1OCCO1. The first-order valence-electron chi connectivity index (χ1n) is 6.00. The third-order valence-corrected chi connectivity index (χ3v) is 4.55. The summed E-state index contributed by atoms with van der Waals surface area (Å²) in [6.07, 6.45) is 2.89. The second-order valence-electron chi connectivity index (χ2n) is 4.53. The number of thiazole rings is 1. The van der Waals surface area contributed by atoms with Gasteiger partial charge in [-0.1, -0.05) is 6.42 Å². The van der Waals surface area contributed by atoms with Crippen molar-refractivity contribution in [1.82, 2.24) is 4.98 Å². The molecule has 1 saturated heterocycles. The summed E-state index contributed by atoms with van der Waals surface area (Å²) < 4.78 is 10.9. The zero-order chi connectivity index (χ0) is 11.8. The Bertz CT molecular complexity index is 433. The Morgan fingerprint density at radius 2 is 2.06 bits per heavy atom. The van der Waals surface area contributed by atoms with Crippen molar-refractivity contribution in [2.24, 2.45) is 5.92 Å². The number of hydrogen-bond acceptors (Lipinski definition) is 5. The zero-order valence-electron chi connectivity index (χ0n) is 9.77. The quantitative estimate of drug-likeness (QED) is 0.776. The highest BCUT2D eigenvalue weighted by Crippen LogP contribution is 2.35. The lowest BCUT2D eigenvalue weighted by Crippen LogP contribution is -2.21. The van der Waals surface area contributed by atoms with Gasteiger partial charge in [-0.15, -0.1) is 11.3 Å². The second-order valence-corrected chi connectivity index (χ2v) is 5.56. The van der Waals surface area contributed by atoms with Crippen molar-refractivity contribution in [1.29, 1.82) is 0 Å². The number of carbonyl (C=O) groups is 1. The molecule has 1 saturated carbocycles. The van der Waals surface area contributed by atoms with Crippen molar-refractivity contribution in [3.8, 4) is 0 Å². The van der Waals surface area contributed by atoms with Gasteiger partial charge < -0.3 is 9.47 Å². The van der Waals surface area contributed by atoms with Crippen LogP contribution in [0.5, 0.6) is 0 Å². The molecule has 2 heterocycles. The smallest absolute Gasteiger partial charge is 0.195 e. The predicted octanol–water partition coefficient (Wildman–Crippen LogP) is 2.48. The molecule has 1 aromatic heterocycles. The second kappa shape index (κ2) is 4.48. The fourth-order valence-corrected chi connectivity index (χ4v) is 3.17. The average molecular weight is 253 g/mol. The molecule has 0 aromatic carbocycles. The topological polar surface area (TPSA) is 48.4 Å². The van der Waals surface area contributed by atoms with Crippen LogP contribution in [0.4, 0.5) is 0 Å². The Morgan fingerprint density at radius 3 is 2.65 bits per heavy atom. The Hall–Kier alpha value is -0.780. The van der Waals surface area contributed by atoms with E-state index < -0.39 is 0 Å². The molecular formula is C12H15NO3S. The van der Waals surface area contributed by atoms with Crippen LogP contribution in [0.1, 0.15) is 45.9 Å². The van der Waals surface area contributed by atoms with Gasteiger partial charge in [-0.3, -0.25) is 4.79 Å². The van der Waals surface area contributed by atoms with Gasteiger partial charge in [0, 0.05) is 5.92 Å². The van der Waals surface area contributed by atoms with E-state index in [9.17, 15) is 4.79 Å². The van der Waals surface area contributed by atoms with Gasteiger partial charge in [-0.25, -0.2) is 4.98 Å². The predicted molar refractivity (Wildman–Crippen MR) is 63.2 cm³/mol. The average Bonchev–Trinajstić information content (AvgIpc) is 2.82. The highest BCUT2D eigenvalue weighted by Gasteiger charge is 2.31. The van der Waals surface area contributed by atoms with Gasteiger partial charge in [0.1, 0.15) is 0 Å². The third kappa shape index (κ3) is 2.03. The van der Waals surface area contributed by atoms with Crippen molar-refractivity contribution in [2.45, 2.75) is 32.5 Å². The summed E-state index contributed by atoms with van der Waals surface area (Å²) >= 11 is 1.43. The first-order chi connectivity index (χ1) is 8.25. The van der Waals surface area contributed by atoms with Crippen LogP contribution in [-0.4, -0.2) is 24.0 Å². The largest absolute Gasteiger partial charge is 0.345 e. The molecule has 4 nitrogen and oxygen atoms in total. The van der Waals surface area contributed by atoms with Crippen LogP contribution in [0, 0.1) is 12.8 Å². The van der Waals surface area contributed by atoms with Gasteiger partial charge >= 0.3 is 0 Å². The molecule has 2 aliphatic rings. The van der Waals surface area contributed by atoms with Gasteiger partial charge in [0.2, 0.25) is 0 Å². The first kappa shape index (κ1) is 11.3. The molecule has 0 radical (unpaired) electrons. The van der Waals surface area contributed by atoms with Crippen LogP contribution in [0.2, 0.25) is 0 Å². The van der Waals surface area contributed by atoms with E-state index in [1.54, 1.807) is 0 Å². The normalized spacial score (nSPS) is 21.7. The van der Waals surface area contributed by atoms with E-state index in [0.717, 1.165) is 23.4 Å². The molecule has 3 rings (SSSR count). The molecular weight excluding hydrogens is 238 g/mol. The van der Waals surface area contributed by atoms with Gasteiger partial charge in [-0.05, 0) is 19.8 Å². The Kier molecular flexibility index (Phi) is 2.98. The Balaban J connectivity index is 1.81. The molecule has 0 atom stereocenters. The number of aryl methyl sites for hydroxylation is 1. The fourth-order valence-electron chi connectivity index (χ4n) is 2.09. The van der Waals surface area contributed by atoms with Crippen LogP contribution >= 0.6 is 11.3 Å². The molecule has 1 aliphatic heterocycles. The van der Waals surface area contributed by atoms with E-state index in [-0.39, 0.29) is 18.0 Å². The van der Waals surface area contributed by atoms with Crippen molar-refractivity contribution < 1.29 is 14.3 Å². The van der Waals surface area contributed by atoms with E-state index in [1.807, 2.05) is 6.92 Å². The van der Waals surface area contributed by atoms with Gasteiger partial charge in [0.25, 0.3) is 0 Å². The zero-order valence-corrected chi connectivity index (χ0v) is 10.6. The van der Waals surface area contributed by atoms with E-state index in [2.05, 4.69) is 4.98 Å². The number of hydrogen-bond donors (Lipinski definition) is 0. The maximum Gasteiger partial charge on any atom is 0.195 e. The molecule has 0 bridgehead atoms. The lowest BCUT2D eigenvalue weighted by atomic mass is 9.82. The lowest BCUT2D eigenvalue weighted by Gasteiger charge is -2.22. The minimum atomic E-state index is -0.310. The van der Waals surface area contributed by atoms with Crippen molar-refractivity contribution in [2.75, 3.05) is 13.2 Å². The number of aromatic nitrogens is 1. The van der Waals surface area contributed by atoms with Crippen molar-refractivity contribution in [3.05, 3.63) is 15.6 Å². The van der Waals surface area contributed by atoms with Gasteiger partial charge in [0.15, 0.2) is 17.1 Å². The van der Waals surface area contributed by atoms with E-state index in [0.29, 0.717) is 18.2 Å². The molecule has 1 aliphatic carbocycles. The Morgan fingerprint density at radius 1 is 1.35 bits per heavy atom. The fraction of sp³-hybridized carbons (Fsp3) is 0.667. The van der Waals surface area contributed by atoms with Crippen molar-refractivity contribution >= 4 is 17.1 Å². The maximum atomic E-state index is 12.1. The molecule has 0 unspecified atom stereocenters. The number of ether oxygens (including phenoxy) is 2. The molecule has 2 fully saturated rings. The van der Waals surface area contributed by atoms with E-state index in [4.69, 9.17) is 9.47 Å². The number of Topliss-reactive ketones (excluding diaryl/α,β-unsaturated/α-hetero) is 1. The highest BCUT2D eigenvalue weighted by atomic mass is 32.1. The summed E-state index contributed by atoms with van der Waals surface area (Å²) in [5.74, 6) is 0.410. The first-order valence-corrected chi connectivity index (χ1v) is 6.82. The highest BCUT2D eigenvalue weighted by molar-refractivity contribution is 7.13. The summed E-state index contributed by atoms with van der Waals surface area (Å²) in [5.41, 5.74) is 0.865. The number of rotatable bonds is 3. The molecule has 0 N–H and O–H groups in total. The monoisotopic (exact) mass is 253 g/mol. The Labute approximate surface area is 104 Å². The minimum Gasteiger partial charge on any atom is -0.345 e. The maximum absolute atomic E-state index is 12.1. The van der Waals surface area contributed by atoms with Crippen LogP contribution in [0.3, 0.4) is 0 Å². The van der Waals surface area contributed by atoms with Crippen LogP contribution in [0.15, 0.2) is 0 Å². The van der Waals surface area contributed by atoms with E-state index >= 15 is 0 Å². The molecule has 92 valence electrons. The molecule has 5 heteroatoms.